The molecule has 0 bridgehead atoms. The largest absolute Gasteiger partial charge is 0.378 e. The van der Waals surface area contributed by atoms with Crippen LogP contribution < -0.4 is 15.1 Å². The lowest BCUT2D eigenvalue weighted by molar-refractivity contribution is 0.122. The Morgan fingerprint density at radius 3 is 2.84 bits per heavy atom. The minimum atomic E-state index is -0.191. The SMILES string of the molecule is CN(CCCNc1cc(N2CCOCC2)ncn1)c1ccccc1F. The average molecular weight is 345 g/mol. The van der Waals surface area contributed by atoms with Crippen molar-refractivity contribution in [3.63, 3.8) is 0 Å². The van der Waals surface area contributed by atoms with Gasteiger partial charge in [-0.15, -0.1) is 0 Å². The number of rotatable bonds is 7. The number of hydrogen-bond donors (Lipinski definition) is 1. The second-order valence-electron chi connectivity index (χ2n) is 6.01. The van der Waals surface area contributed by atoms with Crippen molar-refractivity contribution < 1.29 is 9.13 Å². The zero-order valence-corrected chi connectivity index (χ0v) is 14.5. The lowest BCUT2D eigenvalue weighted by Gasteiger charge is -2.27. The first kappa shape index (κ1) is 17.4. The van der Waals surface area contributed by atoms with E-state index in [1.807, 2.05) is 24.1 Å². The summed E-state index contributed by atoms with van der Waals surface area (Å²) in [6.07, 6.45) is 2.46. The Labute approximate surface area is 147 Å². The van der Waals surface area contributed by atoms with E-state index in [2.05, 4.69) is 20.2 Å². The van der Waals surface area contributed by atoms with E-state index in [9.17, 15) is 4.39 Å². The van der Waals surface area contributed by atoms with Crippen LogP contribution >= 0.6 is 0 Å². The number of hydrogen-bond acceptors (Lipinski definition) is 6. The summed E-state index contributed by atoms with van der Waals surface area (Å²) >= 11 is 0. The Hall–Kier alpha value is -2.41. The molecule has 0 aliphatic carbocycles. The average Bonchev–Trinajstić information content (AvgIpc) is 2.66. The highest BCUT2D eigenvalue weighted by atomic mass is 19.1. The molecule has 2 aromatic rings. The molecule has 0 atom stereocenters. The smallest absolute Gasteiger partial charge is 0.146 e. The maximum absolute atomic E-state index is 13.7. The van der Waals surface area contributed by atoms with Crippen molar-refractivity contribution in [3.05, 3.63) is 42.5 Å². The van der Waals surface area contributed by atoms with Crippen LogP contribution in [0.4, 0.5) is 21.7 Å². The number of benzene rings is 1. The second-order valence-corrected chi connectivity index (χ2v) is 6.01. The second kappa shape index (κ2) is 8.62. The first-order chi connectivity index (χ1) is 12.2. The lowest BCUT2D eigenvalue weighted by atomic mass is 10.2. The quantitative estimate of drug-likeness (QED) is 0.778. The zero-order valence-electron chi connectivity index (χ0n) is 14.5. The maximum atomic E-state index is 13.7. The number of ether oxygens (including phenoxy) is 1. The molecule has 3 rings (SSSR count). The fourth-order valence-electron chi connectivity index (χ4n) is 2.82. The molecule has 0 amide bonds. The monoisotopic (exact) mass is 345 g/mol. The van der Waals surface area contributed by atoms with Crippen LogP contribution in [0, 0.1) is 5.82 Å². The van der Waals surface area contributed by atoms with Gasteiger partial charge in [-0.05, 0) is 18.6 Å². The molecule has 1 aromatic carbocycles. The molecule has 2 heterocycles. The highest BCUT2D eigenvalue weighted by molar-refractivity contribution is 5.49. The summed E-state index contributed by atoms with van der Waals surface area (Å²) in [6, 6.07) is 8.79. The predicted molar refractivity (Wildman–Crippen MR) is 97.8 cm³/mol. The molecule has 1 N–H and O–H groups in total. The van der Waals surface area contributed by atoms with Crippen LogP contribution in [0.5, 0.6) is 0 Å². The van der Waals surface area contributed by atoms with Crippen LogP contribution in [0.3, 0.4) is 0 Å². The van der Waals surface area contributed by atoms with E-state index in [0.29, 0.717) is 5.69 Å². The molecule has 0 unspecified atom stereocenters. The third kappa shape index (κ3) is 4.79. The Balaban J connectivity index is 1.46. The Morgan fingerprint density at radius 1 is 1.24 bits per heavy atom. The van der Waals surface area contributed by atoms with Gasteiger partial charge in [-0.25, -0.2) is 14.4 Å². The minimum Gasteiger partial charge on any atom is -0.378 e. The fourth-order valence-corrected chi connectivity index (χ4v) is 2.82. The molecule has 1 saturated heterocycles. The van der Waals surface area contributed by atoms with Gasteiger partial charge >= 0.3 is 0 Å². The summed E-state index contributed by atoms with van der Waals surface area (Å²) in [5, 5.41) is 3.32. The van der Waals surface area contributed by atoms with Gasteiger partial charge < -0.3 is 19.9 Å². The standard InChI is InChI=1S/C18H24FN5O/c1-23(16-6-3-2-5-15(16)19)8-4-7-20-17-13-18(22-14-21-17)24-9-11-25-12-10-24/h2-3,5-6,13-14H,4,7-12H2,1H3,(H,20,21,22). The van der Waals surface area contributed by atoms with E-state index < -0.39 is 0 Å². The first-order valence-electron chi connectivity index (χ1n) is 8.58. The van der Waals surface area contributed by atoms with Gasteiger partial charge in [0.2, 0.25) is 0 Å². The molecule has 0 saturated carbocycles. The van der Waals surface area contributed by atoms with Crippen LogP contribution in [0.25, 0.3) is 0 Å². The fraction of sp³-hybridized carbons (Fsp3) is 0.444. The highest BCUT2D eigenvalue weighted by Crippen LogP contribution is 2.18. The van der Waals surface area contributed by atoms with Crippen LogP contribution in [-0.4, -0.2) is 56.4 Å². The molecule has 25 heavy (non-hydrogen) atoms. The van der Waals surface area contributed by atoms with Gasteiger partial charge in [0.25, 0.3) is 0 Å². The molecule has 1 fully saturated rings. The lowest BCUT2D eigenvalue weighted by Crippen LogP contribution is -2.36. The first-order valence-corrected chi connectivity index (χ1v) is 8.58. The highest BCUT2D eigenvalue weighted by Gasteiger charge is 2.13. The van der Waals surface area contributed by atoms with E-state index >= 15 is 0 Å². The van der Waals surface area contributed by atoms with Gasteiger partial charge in [0.1, 0.15) is 23.8 Å². The van der Waals surface area contributed by atoms with E-state index in [-0.39, 0.29) is 5.82 Å². The molecular formula is C18H24FN5O. The summed E-state index contributed by atoms with van der Waals surface area (Å²) in [5.74, 6) is 1.54. The van der Waals surface area contributed by atoms with E-state index in [1.165, 1.54) is 6.07 Å². The van der Waals surface area contributed by atoms with Crippen molar-refractivity contribution in [2.24, 2.45) is 0 Å². The van der Waals surface area contributed by atoms with Crippen molar-refractivity contribution in [2.75, 3.05) is 61.6 Å². The molecule has 6 nitrogen and oxygen atoms in total. The Morgan fingerprint density at radius 2 is 2.04 bits per heavy atom. The van der Waals surface area contributed by atoms with Crippen molar-refractivity contribution in [1.29, 1.82) is 0 Å². The normalized spacial score (nSPS) is 14.4. The van der Waals surface area contributed by atoms with Crippen molar-refractivity contribution in [2.45, 2.75) is 6.42 Å². The van der Waals surface area contributed by atoms with Crippen LogP contribution in [0.1, 0.15) is 6.42 Å². The number of anilines is 3. The number of aromatic nitrogens is 2. The number of halogens is 1. The number of nitrogens with one attached hydrogen (secondary N) is 1. The molecule has 0 spiro atoms. The van der Waals surface area contributed by atoms with E-state index in [1.54, 1.807) is 18.5 Å². The van der Waals surface area contributed by atoms with Crippen molar-refractivity contribution in [3.8, 4) is 0 Å². The Bertz CT molecular complexity index is 678. The molecule has 0 radical (unpaired) electrons. The van der Waals surface area contributed by atoms with Gasteiger partial charge in [-0.2, -0.15) is 0 Å². The van der Waals surface area contributed by atoms with Gasteiger partial charge in [0, 0.05) is 39.3 Å². The van der Waals surface area contributed by atoms with Gasteiger partial charge in [-0.1, -0.05) is 12.1 Å². The summed E-state index contributed by atoms with van der Waals surface area (Å²) in [7, 11) is 1.90. The topological polar surface area (TPSA) is 53.5 Å². The van der Waals surface area contributed by atoms with E-state index in [4.69, 9.17) is 4.74 Å². The number of nitrogens with zero attached hydrogens (tertiary/aromatic N) is 4. The molecule has 1 aromatic heterocycles. The van der Waals surface area contributed by atoms with Gasteiger partial charge in [0.15, 0.2) is 0 Å². The van der Waals surface area contributed by atoms with Crippen LogP contribution in [0.2, 0.25) is 0 Å². The minimum absolute atomic E-state index is 0.191. The van der Waals surface area contributed by atoms with Crippen LogP contribution in [0.15, 0.2) is 36.7 Å². The number of morpholine rings is 1. The Kier molecular flexibility index (Phi) is 6.00. The van der Waals surface area contributed by atoms with Crippen molar-refractivity contribution in [1.82, 2.24) is 9.97 Å². The third-order valence-corrected chi connectivity index (χ3v) is 4.23. The van der Waals surface area contributed by atoms with E-state index in [0.717, 1.165) is 57.4 Å². The maximum Gasteiger partial charge on any atom is 0.146 e. The summed E-state index contributed by atoms with van der Waals surface area (Å²) in [6.45, 7) is 4.69. The van der Waals surface area contributed by atoms with Crippen LogP contribution in [-0.2, 0) is 4.74 Å². The summed E-state index contributed by atoms with van der Waals surface area (Å²) in [5.41, 5.74) is 0.624. The molecule has 1 aliphatic rings. The summed E-state index contributed by atoms with van der Waals surface area (Å²) in [4.78, 5) is 12.7. The molecule has 7 heteroatoms. The zero-order chi connectivity index (χ0) is 17.5. The third-order valence-electron chi connectivity index (χ3n) is 4.23. The molecule has 1 aliphatic heterocycles. The molecular weight excluding hydrogens is 321 g/mol. The van der Waals surface area contributed by atoms with Gasteiger partial charge in [0.05, 0.1) is 18.9 Å². The van der Waals surface area contributed by atoms with Gasteiger partial charge in [-0.3, -0.25) is 0 Å². The summed E-state index contributed by atoms with van der Waals surface area (Å²) < 4.78 is 19.1. The van der Waals surface area contributed by atoms with Crippen molar-refractivity contribution >= 4 is 17.3 Å². The molecule has 134 valence electrons. The predicted octanol–water partition coefficient (Wildman–Crippen LogP) is 2.39. The number of para-hydroxylation sites is 1.